The molecule has 0 fully saturated rings. The second-order valence-corrected chi connectivity index (χ2v) is 5.10. The van der Waals surface area contributed by atoms with Gasteiger partial charge in [0.15, 0.2) is 11.6 Å². The number of nitrogens with one attached hydrogen (secondary N) is 1. The predicted octanol–water partition coefficient (Wildman–Crippen LogP) is 4.04. The SMILES string of the molecule is CCNC(Cc1cccc(OC)c1F)c1ccccc1C. The standard InChI is InChI=1S/C18H22FNO/c1-4-20-16(15-10-6-5-8-13(15)2)12-14-9-7-11-17(21-3)18(14)19/h5-11,16,20H,4,12H2,1-3H3. The van der Waals surface area contributed by atoms with Crippen molar-refractivity contribution < 1.29 is 9.13 Å². The van der Waals surface area contributed by atoms with Crippen LogP contribution in [0.15, 0.2) is 42.5 Å². The van der Waals surface area contributed by atoms with Gasteiger partial charge in [0.1, 0.15) is 0 Å². The third-order valence-corrected chi connectivity index (χ3v) is 3.70. The monoisotopic (exact) mass is 287 g/mol. The molecule has 0 saturated carbocycles. The topological polar surface area (TPSA) is 21.3 Å². The van der Waals surface area contributed by atoms with Gasteiger partial charge >= 0.3 is 0 Å². The summed E-state index contributed by atoms with van der Waals surface area (Å²) in [7, 11) is 1.49. The first kappa shape index (κ1) is 15.5. The first-order valence-electron chi connectivity index (χ1n) is 7.27. The fourth-order valence-corrected chi connectivity index (χ4v) is 2.61. The Labute approximate surface area is 126 Å². The molecule has 0 aliphatic heterocycles. The van der Waals surface area contributed by atoms with E-state index in [2.05, 4.69) is 31.3 Å². The van der Waals surface area contributed by atoms with E-state index >= 15 is 0 Å². The molecule has 0 aliphatic carbocycles. The maximum absolute atomic E-state index is 14.3. The van der Waals surface area contributed by atoms with E-state index < -0.39 is 0 Å². The van der Waals surface area contributed by atoms with Gasteiger partial charge in [-0.05, 0) is 42.6 Å². The maximum Gasteiger partial charge on any atom is 0.168 e. The Morgan fingerprint density at radius 2 is 1.90 bits per heavy atom. The predicted molar refractivity (Wildman–Crippen MR) is 84.3 cm³/mol. The average molecular weight is 287 g/mol. The highest BCUT2D eigenvalue weighted by Gasteiger charge is 2.17. The molecule has 0 bridgehead atoms. The van der Waals surface area contributed by atoms with Crippen molar-refractivity contribution in [3.63, 3.8) is 0 Å². The summed E-state index contributed by atoms with van der Waals surface area (Å²) in [6.07, 6.45) is 0.599. The van der Waals surface area contributed by atoms with E-state index in [0.717, 1.165) is 6.54 Å². The molecule has 112 valence electrons. The van der Waals surface area contributed by atoms with Crippen LogP contribution in [0.25, 0.3) is 0 Å². The molecule has 2 aromatic carbocycles. The number of rotatable bonds is 6. The van der Waals surface area contributed by atoms with Crippen LogP contribution in [0.3, 0.4) is 0 Å². The summed E-state index contributed by atoms with van der Waals surface area (Å²) >= 11 is 0. The zero-order valence-corrected chi connectivity index (χ0v) is 12.8. The summed E-state index contributed by atoms with van der Waals surface area (Å²) in [6, 6.07) is 13.6. The molecular weight excluding hydrogens is 265 g/mol. The molecule has 0 aliphatic rings. The lowest BCUT2D eigenvalue weighted by atomic mass is 9.95. The van der Waals surface area contributed by atoms with Gasteiger partial charge in [0.05, 0.1) is 7.11 Å². The quantitative estimate of drug-likeness (QED) is 0.866. The minimum Gasteiger partial charge on any atom is -0.494 e. The van der Waals surface area contributed by atoms with Crippen LogP contribution in [0.1, 0.15) is 29.7 Å². The highest BCUT2D eigenvalue weighted by atomic mass is 19.1. The minimum atomic E-state index is -0.267. The molecule has 1 N–H and O–H groups in total. The first-order chi connectivity index (χ1) is 10.2. The normalized spacial score (nSPS) is 12.2. The number of likely N-dealkylation sites (N-methyl/N-ethyl adjacent to an activating group) is 1. The van der Waals surface area contributed by atoms with Gasteiger partial charge in [-0.3, -0.25) is 0 Å². The van der Waals surface area contributed by atoms with Gasteiger partial charge in [0.25, 0.3) is 0 Å². The third-order valence-electron chi connectivity index (χ3n) is 3.70. The largest absolute Gasteiger partial charge is 0.494 e. The minimum absolute atomic E-state index is 0.0952. The van der Waals surface area contributed by atoms with Crippen LogP contribution >= 0.6 is 0 Å². The Kier molecular flexibility index (Phi) is 5.34. The Morgan fingerprint density at radius 3 is 2.57 bits per heavy atom. The van der Waals surface area contributed by atoms with Crippen molar-refractivity contribution in [3.8, 4) is 5.75 Å². The highest BCUT2D eigenvalue weighted by molar-refractivity contribution is 5.34. The lowest BCUT2D eigenvalue weighted by Gasteiger charge is -2.21. The Bertz CT molecular complexity index is 598. The van der Waals surface area contributed by atoms with E-state index in [-0.39, 0.29) is 11.9 Å². The molecule has 21 heavy (non-hydrogen) atoms. The van der Waals surface area contributed by atoms with Crippen molar-refractivity contribution in [1.29, 1.82) is 0 Å². The van der Waals surface area contributed by atoms with Crippen molar-refractivity contribution in [3.05, 3.63) is 65.0 Å². The summed E-state index contributed by atoms with van der Waals surface area (Å²) in [4.78, 5) is 0. The van der Waals surface area contributed by atoms with Crippen LogP contribution in [0, 0.1) is 12.7 Å². The molecule has 3 heteroatoms. The molecule has 0 amide bonds. The smallest absolute Gasteiger partial charge is 0.168 e. The van der Waals surface area contributed by atoms with Crippen molar-refractivity contribution in [2.24, 2.45) is 0 Å². The van der Waals surface area contributed by atoms with Gasteiger partial charge in [-0.25, -0.2) is 4.39 Å². The van der Waals surface area contributed by atoms with Crippen molar-refractivity contribution in [2.45, 2.75) is 26.3 Å². The highest BCUT2D eigenvalue weighted by Crippen LogP contribution is 2.26. The van der Waals surface area contributed by atoms with E-state index in [4.69, 9.17) is 4.74 Å². The van der Waals surface area contributed by atoms with E-state index in [1.54, 1.807) is 6.07 Å². The van der Waals surface area contributed by atoms with Crippen LogP contribution in [0.2, 0.25) is 0 Å². The summed E-state index contributed by atoms with van der Waals surface area (Å²) in [5.74, 6) is 0.0315. The van der Waals surface area contributed by atoms with E-state index in [1.165, 1.54) is 18.2 Å². The fraction of sp³-hybridized carbons (Fsp3) is 0.333. The molecule has 0 saturated heterocycles. The summed E-state index contributed by atoms with van der Waals surface area (Å²) in [6.45, 7) is 4.99. The zero-order chi connectivity index (χ0) is 15.2. The molecule has 1 unspecified atom stereocenters. The average Bonchev–Trinajstić information content (AvgIpc) is 2.49. The number of hydrogen-bond donors (Lipinski definition) is 1. The number of ether oxygens (including phenoxy) is 1. The van der Waals surface area contributed by atoms with E-state index in [0.29, 0.717) is 17.7 Å². The van der Waals surface area contributed by atoms with Gasteiger partial charge in [0, 0.05) is 6.04 Å². The second-order valence-electron chi connectivity index (χ2n) is 5.10. The molecule has 1 atom stereocenters. The van der Waals surface area contributed by atoms with E-state index in [9.17, 15) is 4.39 Å². The molecule has 2 rings (SSSR count). The number of halogens is 1. The Morgan fingerprint density at radius 1 is 1.14 bits per heavy atom. The number of benzene rings is 2. The molecule has 0 aromatic heterocycles. The van der Waals surface area contributed by atoms with Crippen LogP contribution in [-0.4, -0.2) is 13.7 Å². The molecular formula is C18H22FNO. The van der Waals surface area contributed by atoms with Gasteiger partial charge in [-0.1, -0.05) is 43.3 Å². The number of hydrogen-bond acceptors (Lipinski definition) is 2. The van der Waals surface area contributed by atoms with Gasteiger partial charge < -0.3 is 10.1 Å². The number of methoxy groups -OCH3 is 1. The Balaban J connectivity index is 2.31. The van der Waals surface area contributed by atoms with Crippen LogP contribution in [0.5, 0.6) is 5.75 Å². The van der Waals surface area contributed by atoms with Crippen LogP contribution < -0.4 is 10.1 Å². The first-order valence-corrected chi connectivity index (χ1v) is 7.27. The zero-order valence-electron chi connectivity index (χ0n) is 12.8. The van der Waals surface area contributed by atoms with Crippen molar-refractivity contribution in [1.82, 2.24) is 5.32 Å². The lowest BCUT2D eigenvalue weighted by Crippen LogP contribution is -2.24. The van der Waals surface area contributed by atoms with Crippen LogP contribution in [-0.2, 0) is 6.42 Å². The van der Waals surface area contributed by atoms with Crippen molar-refractivity contribution in [2.75, 3.05) is 13.7 Å². The fourth-order valence-electron chi connectivity index (χ4n) is 2.61. The lowest BCUT2D eigenvalue weighted by molar-refractivity contribution is 0.382. The van der Waals surface area contributed by atoms with E-state index in [1.807, 2.05) is 24.3 Å². The number of aryl methyl sites for hydroxylation is 1. The Hall–Kier alpha value is -1.87. The molecule has 0 heterocycles. The summed E-state index contributed by atoms with van der Waals surface area (Å²) < 4.78 is 19.4. The maximum atomic E-state index is 14.3. The molecule has 2 aromatic rings. The second kappa shape index (κ2) is 7.23. The third kappa shape index (κ3) is 3.61. The summed E-state index contributed by atoms with van der Waals surface area (Å²) in [5, 5.41) is 3.45. The van der Waals surface area contributed by atoms with Gasteiger partial charge in [-0.15, -0.1) is 0 Å². The van der Waals surface area contributed by atoms with Gasteiger partial charge in [0.2, 0.25) is 0 Å². The van der Waals surface area contributed by atoms with Crippen LogP contribution in [0.4, 0.5) is 4.39 Å². The summed E-state index contributed by atoms with van der Waals surface area (Å²) in [5.41, 5.74) is 3.09. The van der Waals surface area contributed by atoms with Gasteiger partial charge in [-0.2, -0.15) is 0 Å². The molecule has 0 spiro atoms. The molecule has 2 nitrogen and oxygen atoms in total. The van der Waals surface area contributed by atoms with Crippen molar-refractivity contribution >= 4 is 0 Å². The molecule has 0 radical (unpaired) electrons.